The number of hydrogen-bond donors (Lipinski definition) is 2. The van der Waals surface area contributed by atoms with Crippen molar-refractivity contribution in [1.29, 1.82) is 5.26 Å². The summed E-state index contributed by atoms with van der Waals surface area (Å²) in [6.45, 7) is 5.69. The van der Waals surface area contributed by atoms with Gasteiger partial charge in [0.2, 0.25) is 5.88 Å². The number of aromatic nitrogens is 6. The standard InChI is InChI=1S/C25H26N10O2/c1-25(2)14-34(20-6-5-16(11-26)31-32-20)9-8-19(25)30-24-17(23(27)36)13-28-21-10-18(33-35(21)24)15-4-7-22(37-3)29-12-15/h4-7,10,12-13,19,30H,8-9,14H2,1-3H3,(H2,27,36)/t19-/m1/s1. The Labute approximate surface area is 213 Å². The van der Waals surface area contributed by atoms with Gasteiger partial charge in [0.05, 0.1) is 18.4 Å². The summed E-state index contributed by atoms with van der Waals surface area (Å²) in [7, 11) is 1.56. The summed E-state index contributed by atoms with van der Waals surface area (Å²) < 4.78 is 6.76. The average Bonchev–Trinajstić information content (AvgIpc) is 3.34. The van der Waals surface area contributed by atoms with Crippen molar-refractivity contribution in [2.24, 2.45) is 11.1 Å². The zero-order valence-electron chi connectivity index (χ0n) is 20.7. The number of nitriles is 1. The fraction of sp³-hybridized carbons (Fsp3) is 0.320. The molecule has 0 spiro atoms. The van der Waals surface area contributed by atoms with Crippen LogP contribution >= 0.6 is 0 Å². The number of piperidine rings is 1. The molecule has 4 aromatic heterocycles. The molecule has 0 radical (unpaired) electrons. The van der Waals surface area contributed by atoms with Crippen molar-refractivity contribution in [3.05, 3.63) is 54.0 Å². The van der Waals surface area contributed by atoms with Gasteiger partial charge < -0.3 is 20.7 Å². The first-order chi connectivity index (χ1) is 17.8. The number of pyridine rings is 1. The SMILES string of the molecule is COc1ccc(-c2cc3ncc(C(N)=O)c(N[C@@H]4CCN(c5ccc(C#N)nn5)CC4(C)C)n3n2)cn1. The predicted octanol–water partition coefficient (Wildman–Crippen LogP) is 2.28. The van der Waals surface area contributed by atoms with E-state index >= 15 is 0 Å². The van der Waals surface area contributed by atoms with E-state index < -0.39 is 5.91 Å². The Morgan fingerprint density at radius 1 is 1.22 bits per heavy atom. The number of fused-ring (bicyclic) bond motifs is 1. The number of hydrogen-bond acceptors (Lipinski definition) is 10. The Morgan fingerprint density at radius 2 is 2.05 bits per heavy atom. The van der Waals surface area contributed by atoms with Gasteiger partial charge in [0, 0.05) is 54.6 Å². The first kappa shape index (κ1) is 23.9. The lowest BCUT2D eigenvalue weighted by molar-refractivity contribution is 0.1000. The van der Waals surface area contributed by atoms with Crippen molar-refractivity contribution in [2.45, 2.75) is 26.3 Å². The van der Waals surface area contributed by atoms with Gasteiger partial charge in [0.25, 0.3) is 5.91 Å². The number of anilines is 2. The van der Waals surface area contributed by atoms with Gasteiger partial charge in [-0.15, -0.1) is 10.2 Å². The Hall–Kier alpha value is -4.79. The number of methoxy groups -OCH3 is 1. The maximum absolute atomic E-state index is 12.3. The molecule has 1 saturated heterocycles. The van der Waals surface area contributed by atoms with E-state index in [2.05, 4.69) is 44.2 Å². The van der Waals surface area contributed by atoms with Crippen molar-refractivity contribution in [3.8, 4) is 23.2 Å². The molecule has 5 heterocycles. The molecular weight excluding hydrogens is 472 g/mol. The van der Waals surface area contributed by atoms with Gasteiger partial charge in [0.1, 0.15) is 11.9 Å². The van der Waals surface area contributed by atoms with Crippen LogP contribution in [0, 0.1) is 16.7 Å². The van der Waals surface area contributed by atoms with E-state index in [0.717, 1.165) is 17.8 Å². The highest BCUT2D eigenvalue weighted by molar-refractivity contribution is 5.97. The average molecular weight is 499 g/mol. The van der Waals surface area contributed by atoms with Crippen LogP contribution in [0.25, 0.3) is 16.9 Å². The van der Waals surface area contributed by atoms with Crippen LogP contribution in [0.2, 0.25) is 0 Å². The summed E-state index contributed by atoms with van der Waals surface area (Å²) in [6.07, 6.45) is 3.91. The second-order valence-corrected chi connectivity index (χ2v) is 9.56. The summed E-state index contributed by atoms with van der Waals surface area (Å²) in [4.78, 5) is 23.1. The molecule has 0 unspecified atom stereocenters. The molecule has 12 nitrogen and oxygen atoms in total. The smallest absolute Gasteiger partial charge is 0.254 e. The van der Waals surface area contributed by atoms with E-state index in [9.17, 15) is 4.79 Å². The molecule has 37 heavy (non-hydrogen) atoms. The monoisotopic (exact) mass is 498 g/mol. The van der Waals surface area contributed by atoms with Gasteiger partial charge in [0.15, 0.2) is 17.2 Å². The summed E-state index contributed by atoms with van der Waals surface area (Å²) in [5, 5.41) is 25.4. The largest absolute Gasteiger partial charge is 0.481 e. The van der Waals surface area contributed by atoms with E-state index in [1.807, 2.05) is 24.3 Å². The van der Waals surface area contributed by atoms with Crippen molar-refractivity contribution in [3.63, 3.8) is 0 Å². The number of ether oxygens (including phenoxy) is 1. The number of carbonyl (C=O) groups is 1. The van der Waals surface area contributed by atoms with Crippen molar-refractivity contribution >= 4 is 23.2 Å². The third-order valence-electron chi connectivity index (χ3n) is 6.62. The molecule has 1 amide bonds. The molecule has 0 aromatic carbocycles. The van der Waals surface area contributed by atoms with Gasteiger partial charge >= 0.3 is 0 Å². The zero-order valence-corrected chi connectivity index (χ0v) is 20.7. The molecule has 1 aliphatic rings. The summed E-state index contributed by atoms with van der Waals surface area (Å²) in [5.74, 6) is 1.13. The Balaban J connectivity index is 1.45. The van der Waals surface area contributed by atoms with Crippen molar-refractivity contribution in [2.75, 3.05) is 30.4 Å². The van der Waals surface area contributed by atoms with Crippen LogP contribution in [0.3, 0.4) is 0 Å². The highest BCUT2D eigenvalue weighted by atomic mass is 16.5. The third kappa shape index (κ3) is 4.58. The molecule has 5 rings (SSSR count). The lowest BCUT2D eigenvalue weighted by Crippen LogP contribution is -2.52. The molecule has 1 fully saturated rings. The fourth-order valence-corrected chi connectivity index (χ4v) is 4.58. The minimum Gasteiger partial charge on any atom is -0.481 e. The summed E-state index contributed by atoms with van der Waals surface area (Å²) in [6, 6.07) is 10.9. The molecule has 1 aliphatic heterocycles. The molecule has 3 N–H and O–H groups in total. The maximum atomic E-state index is 12.3. The summed E-state index contributed by atoms with van der Waals surface area (Å²) >= 11 is 0. The number of nitrogens with zero attached hydrogens (tertiary/aromatic N) is 8. The Kier molecular flexibility index (Phi) is 6.04. The van der Waals surface area contributed by atoms with E-state index in [1.165, 1.54) is 6.20 Å². The predicted molar refractivity (Wildman–Crippen MR) is 136 cm³/mol. The normalized spacial score (nSPS) is 16.8. The molecule has 0 bridgehead atoms. The molecule has 4 aromatic rings. The topological polar surface area (TPSA) is 160 Å². The van der Waals surface area contributed by atoms with Crippen LogP contribution in [-0.2, 0) is 0 Å². The van der Waals surface area contributed by atoms with Crippen LogP contribution in [0.15, 0.2) is 42.7 Å². The van der Waals surface area contributed by atoms with Crippen molar-refractivity contribution < 1.29 is 9.53 Å². The highest BCUT2D eigenvalue weighted by Crippen LogP contribution is 2.34. The second kappa shape index (κ2) is 9.34. The van der Waals surface area contributed by atoms with E-state index in [0.29, 0.717) is 36.1 Å². The lowest BCUT2D eigenvalue weighted by Gasteiger charge is -2.45. The van der Waals surface area contributed by atoms with Crippen LogP contribution < -0.4 is 20.7 Å². The number of nitrogens with two attached hydrogens (primary N) is 1. The molecule has 12 heteroatoms. The van der Waals surface area contributed by atoms with E-state index in [1.54, 1.807) is 30.0 Å². The van der Waals surface area contributed by atoms with E-state index in [-0.39, 0.29) is 22.7 Å². The molecule has 0 aliphatic carbocycles. The first-order valence-corrected chi connectivity index (χ1v) is 11.7. The van der Waals surface area contributed by atoms with Crippen molar-refractivity contribution in [1.82, 2.24) is 29.8 Å². The number of primary amides is 1. The second-order valence-electron chi connectivity index (χ2n) is 9.56. The quantitative estimate of drug-likeness (QED) is 0.403. The third-order valence-corrected chi connectivity index (χ3v) is 6.62. The zero-order chi connectivity index (χ0) is 26.2. The van der Waals surface area contributed by atoms with Gasteiger partial charge in [-0.2, -0.15) is 14.9 Å². The molecule has 188 valence electrons. The highest BCUT2D eigenvalue weighted by Gasteiger charge is 2.37. The molecular formula is C25H26N10O2. The maximum Gasteiger partial charge on any atom is 0.254 e. The number of nitrogens with one attached hydrogen (secondary N) is 1. The van der Waals surface area contributed by atoms with Gasteiger partial charge in [-0.1, -0.05) is 13.8 Å². The number of carbonyl (C=O) groups excluding carboxylic acids is 1. The summed E-state index contributed by atoms with van der Waals surface area (Å²) in [5.41, 5.74) is 8.04. The minimum absolute atomic E-state index is 0.00547. The lowest BCUT2D eigenvalue weighted by atomic mass is 9.79. The van der Waals surface area contributed by atoms with Crippen LogP contribution in [-0.4, -0.2) is 61.9 Å². The number of rotatable bonds is 6. The Bertz CT molecular complexity index is 1490. The van der Waals surface area contributed by atoms with Gasteiger partial charge in [-0.3, -0.25) is 4.79 Å². The molecule has 1 atom stereocenters. The first-order valence-electron chi connectivity index (χ1n) is 11.7. The van der Waals surface area contributed by atoms with Crippen LogP contribution in [0.1, 0.15) is 36.3 Å². The minimum atomic E-state index is -0.594. The number of amides is 1. The van der Waals surface area contributed by atoms with Gasteiger partial charge in [-0.05, 0) is 24.6 Å². The van der Waals surface area contributed by atoms with Gasteiger partial charge in [-0.25, -0.2) is 9.97 Å². The van der Waals surface area contributed by atoms with E-state index in [4.69, 9.17) is 20.8 Å². The van der Waals surface area contributed by atoms with Crippen LogP contribution in [0.4, 0.5) is 11.6 Å². The fourth-order valence-electron chi connectivity index (χ4n) is 4.58. The Morgan fingerprint density at radius 3 is 2.68 bits per heavy atom. The molecule has 0 saturated carbocycles. The van der Waals surface area contributed by atoms with Crippen LogP contribution in [0.5, 0.6) is 5.88 Å².